The van der Waals surface area contributed by atoms with Crippen LogP contribution in [0.4, 0.5) is 0 Å². The topological polar surface area (TPSA) is 57.5 Å². The highest BCUT2D eigenvalue weighted by molar-refractivity contribution is 7.89. The molecule has 8 heteroatoms. The van der Waals surface area contributed by atoms with Gasteiger partial charge < -0.3 is 9.31 Å². The molecule has 0 saturated carbocycles. The highest BCUT2D eigenvalue weighted by atomic mass is 35.5. The van der Waals surface area contributed by atoms with Gasteiger partial charge in [0.25, 0.3) is 0 Å². The lowest BCUT2D eigenvalue weighted by Gasteiger charge is -2.32. The van der Waals surface area contributed by atoms with Crippen LogP contribution in [-0.4, -0.2) is 37.0 Å². The molecular weight excluding hydrogens is 288 g/mol. The lowest BCUT2D eigenvalue weighted by atomic mass is 9.81. The summed E-state index contributed by atoms with van der Waals surface area (Å²) in [5.41, 5.74) is -0.465. The van der Waals surface area contributed by atoms with Crippen molar-refractivity contribution in [1.82, 2.24) is 3.97 Å². The van der Waals surface area contributed by atoms with E-state index in [9.17, 15) is 8.42 Å². The average Bonchev–Trinajstić information content (AvgIpc) is 2.65. The maximum absolute atomic E-state index is 11.5. The van der Waals surface area contributed by atoms with Crippen molar-refractivity contribution in [2.75, 3.05) is 6.26 Å². The fourth-order valence-electron chi connectivity index (χ4n) is 1.76. The van der Waals surface area contributed by atoms with Gasteiger partial charge in [0.1, 0.15) is 0 Å². The van der Waals surface area contributed by atoms with Crippen LogP contribution in [0.5, 0.6) is 0 Å². The van der Waals surface area contributed by atoms with Crippen molar-refractivity contribution in [3.63, 3.8) is 0 Å². The molecule has 0 atom stereocenters. The van der Waals surface area contributed by atoms with Gasteiger partial charge >= 0.3 is 7.12 Å². The molecule has 5 nitrogen and oxygen atoms in total. The molecule has 0 bridgehead atoms. The van der Waals surface area contributed by atoms with Crippen LogP contribution >= 0.6 is 11.6 Å². The van der Waals surface area contributed by atoms with E-state index < -0.39 is 28.3 Å². The number of aromatic nitrogens is 1. The molecule has 1 aromatic heterocycles. The number of hydrogen-bond donors (Lipinski definition) is 0. The van der Waals surface area contributed by atoms with Crippen molar-refractivity contribution in [2.24, 2.45) is 0 Å². The Bertz CT molecular complexity index is 592. The minimum absolute atomic E-state index is 0.309. The quantitative estimate of drug-likeness (QED) is 0.772. The van der Waals surface area contributed by atoms with Crippen LogP contribution in [0.1, 0.15) is 27.7 Å². The van der Waals surface area contributed by atoms with Crippen molar-refractivity contribution in [3.05, 3.63) is 17.4 Å². The van der Waals surface area contributed by atoms with Crippen LogP contribution in [-0.2, 0) is 19.3 Å². The first-order chi connectivity index (χ1) is 8.44. The van der Waals surface area contributed by atoms with Gasteiger partial charge in [0.05, 0.1) is 22.5 Å². The first-order valence-electron chi connectivity index (χ1n) is 5.88. The Labute approximate surface area is 119 Å². The predicted octanol–water partition coefficient (Wildman–Crippen LogP) is 1.25. The molecule has 1 aromatic rings. The molecule has 0 N–H and O–H groups in total. The first kappa shape index (κ1) is 14.9. The summed E-state index contributed by atoms with van der Waals surface area (Å²) in [5, 5.41) is 0.309. The third-order valence-electron chi connectivity index (χ3n) is 3.67. The van der Waals surface area contributed by atoms with Crippen molar-refractivity contribution < 1.29 is 17.7 Å². The van der Waals surface area contributed by atoms with Crippen LogP contribution in [0.15, 0.2) is 12.4 Å². The zero-order valence-electron chi connectivity index (χ0n) is 11.6. The van der Waals surface area contributed by atoms with Gasteiger partial charge in [0.2, 0.25) is 10.0 Å². The van der Waals surface area contributed by atoms with Crippen LogP contribution in [0.3, 0.4) is 0 Å². The van der Waals surface area contributed by atoms with Gasteiger partial charge in [-0.1, -0.05) is 11.6 Å². The number of nitrogens with zero attached hydrogens (tertiary/aromatic N) is 1. The Balaban J connectivity index is 2.38. The Kier molecular flexibility index (Phi) is 3.33. The molecule has 1 saturated heterocycles. The predicted molar refractivity (Wildman–Crippen MR) is 75.4 cm³/mol. The van der Waals surface area contributed by atoms with Crippen LogP contribution in [0.25, 0.3) is 0 Å². The molecule has 2 rings (SSSR count). The maximum Gasteiger partial charge on any atom is 0.497 e. The highest BCUT2D eigenvalue weighted by Crippen LogP contribution is 2.37. The normalized spacial score (nSPS) is 21.9. The average molecular weight is 306 g/mol. The first-order valence-corrected chi connectivity index (χ1v) is 8.10. The van der Waals surface area contributed by atoms with Gasteiger partial charge in [0.15, 0.2) is 0 Å². The Hall–Kier alpha value is -0.495. The Morgan fingerprint density at radius 1 is 1.16 bits per heavy atom. The van der Waals surface area contributed by atoms with Crippen LogP contribution in [0.2, 0.25) is 5.02 Å². The molecule has 19 heavy (non-hydrogen) atoms. The zero-order chi connectivity index (χ0) is 14.6. The summed E-state index contributed by atoms with van der Waals surface area (Å²) in [5.74, 6) is 0. The van der Waals surface area contributed by atoms with Gasteiger partial charge in [-0.15, -0.1) is 0 Å². The lowest BCUT2D eigenvalue weighted by molar-refractivity contribution is 0.00578. The summed E-state index contributed by atoms with van der Waals surface area (Å²) < 4.78 is 35.7. The van der Waals surface area contributed by atoms with E-state index >= 15 is 0 Å². The van der Waals surface area contributed by atoms with E-state index in [-0.39, 0.29) is 0 Å². The molecule has 1 aliphatic rings. The summed E-state index contributed by atoms with van der Waals surface area (Å²) in [7, 11) is -4.04. The largest absolute Gasteiger partial charge is 0.497 e. The molecule has 0 radical (unpaired) electrons. The van der Waals surface area contributed by atoms with E-state index in [2.05, 4.69) is 0 Å². The molecule has 0 aliphatic carbocycles. The van der Waals surface area contributed by atoms with Gasteiger partial charge in [0, 0.05) is 17.9 Å². The molecule has 0 spiro atoms. The second-order valence-corrected chi connectivity index (χ2v) is 8.04. The minimum atomic E-state index is -3.37. The van der Waals surface area contributed by atoms with Crippen molar-refractivity contribution in [3.8, 4) is 0 Å². The van der Waals surface area contributed by atoms with Gasteiger partial charge in [-0.05, 0) is 27.7 Å². The van der Waals surface area contributed by atoms with E-state index in [0.717, 1.165) is 10.2 Å². The van der Waals surface area contributed by atoms with Crippen molar-refractivity contribution in [1.29, 1.82) is 0 Å². The third kappa shape index (κ3) is 2.56. The van der Waals surface area contributed by atoms with E-state index in [0.29, 0.717) is 10.5 Å². The SMILES string of the molecule is CC1(C)OB(c2cn(S(C)(=O)=O)cc2Cl)OC1(C)C. The van der Waals surface area contributed by atoms with Crippen LogP contribution in [0, 0.1) is 0 Å². The smallest absolute Gasteiger partial charge is 0.399 e. The molecule has 0 amide bonds. The van der Waals surface area contributed by atoms with E-state index in [1.165, 1.54) is 12.4 Å². The van der Waals surface area contributed by atoms with Crippen LogP contribution < -0.4 is 5.46 Å². The summed E-state index contributed by atoms with van der Waals surface area (Å²) in [6, 6.07) is 0. The summed E-state index contributed by atoms with van der Waals surface area (Å²) in [4.78, 5) is 0. The molecule has 2 heterocycles. The Morgan fingerprint density at radius 3 is 2.00 bits per heavy atom. The van der Waals surface area contributed by atoms with E-state index in [1.807, 2.05) is 27.7 Å². The van der Waals surface area contributed by atoms with Gasteiger partial charge in [-0.2, -0.15) is 0 Å². The summed E-state index contributed by atoms with van der Waals surface area (Å²) >= 11 is 6.07. The number of hydrogen-bond acceptors (Lipinski definition) is 4. The maximum atomic E-state index is 11.5. The third-order valence-corrected chi connectivity index (χ3v) is 4.97. The highest BCUT2D eigenvalue weighted by Gasteiger charge is 2.52. The van der Waals surface area contributed by atoms with E-state index in [4.69, 9.17) is 20.9 Å². The molecular formula is C11H17BClNO4S. The summed E-state index contributed by atoms with van der Waals surface area (Å²) in [6.45, 7) is 7.70. The molecule has 0 aromatic carbocycles. The molecule has 0 unspecified atom stereocenters. The Morgan fingerprint density at radius 2 is 1.63 bits per heavy atom. The fraction of sp³-hybridized carbons (Fsp3) is 0.636. The zero-order valence-corrected chi connectivity index (χ0v) is 13.2. The fourth-order valence-corrected chi connectivity index (χ4v) is 2.66. The van der Waals surface area contributed by atoms with Gasteiger partial charge in [-0.3, -0.25) is 3.97 Å². The second-order valence-electron chi connectivity index (χ2n) is 5.74. The van der Waals surface area contributed by atoms with Crippen molar-refractivity contribution in [2.45, 2.75) is 38.9 Å². The summed E-state index contributed by atoms with van der Waals surface area (Å²) in [6.07, 6.45) is 3.88. The molecule has 1 aliphatic heterocycles. The molecule has 1 fully saturated rings. The molecule has 106 valence electrons. The minimum Gasteiger partial charge on any atom is -0.399 e. The van der Waals surface area contributed by atoms with Crippen molar-refractivity contribution >= 4 is 34.2 Å². The van der Waals surface area contributed by atoms with E-state index in [1.54, 1.807) is 0 Å². The standard InChI is InChI=1S/C11H17BClNO4S/c1-10(2)11(3,4)18-12(17-10)8-6-14(7-9(8)13)19(5,15)16/h6-7H,1-5H3. The van der Waals surface area contributed by atoms with Gasteiger partial charge in [-0.25, -0.2) is 8.42 Å². The number of halogens is 1. The number of rotatable bonds is 2. The second kappa shape index (κ2) is 4.25. The monoisotopic (exact) mass is 305 g/mol. The lowest BCUT2D eigenvalue weighted by Crippen LogP contribution is -2.41.